The van der Waals surface area contributed by atoms with Gasteiger partial charge in [0, 0.05) is 6.04 Å². The average molecular weight is 207 g/mol. The minimum atomic E-state index is 0.904. The van der Waals surface area contributed by atoms with Crippen molar-refractivity contribution in [1.82, 2.24) is 5.32 Å². The topological polar surface area (TPSA) is 12.0 Å². The van der Waals surface area contributed by atoms with Gasteiger partial charge in [-0.3, -0.25) is 0 Å². The van der Waals surface area contributed by atoms with Crippen molar-refractivity contribution in [3.05, 3.63) is 0 Å². The molecule has 0 aromatic rings. The van der Waals surface area contributed by atoms with Gasteiger partial charge in [-0.05, 0) is 62.3 Å². The van der Waals surface area contributed by atoms with Crippen molar-refractivity contribution in [3.8, 4) is 0 Å². The number of rotatable bonds is 4. The fourth-order valence-electron chi connectivity index (χ4n) is 4.77. The first-order chi connectivity index (χ1) is 7.40. The van der Waals surface area contributed by atoms with Gasteiger partial charge >= 0.3 is 0 Å². The van der Waals surface area contributed by atoms with Crippen molar-refractivity contribution in [1.29, 1.82) is 0 Å². The molecule has 3 aliphatic rings. The maximum Gasteiger partial charge on any atom is 0.0101 e. The van der Waals surface area contributed by atoms with Gasteiger partial charge in [0.05, 0.1) is 0 Å². The average Bonchev–Trinajstić information content (AvgIpc) is 2.89. The number of hydrogen-bond acceptors (Lipinski definition) is 1. The standard InChI is InChI=1S/C14H25N/c1-2-3-7-15-14-9-10-8-13(14)12-6-4-5-11(10)12/h10-15H,2-9H2,1H3. The molecule has 0 radical (unpaired) electrons. The lowest BCUT2D eigenvalue weighted by Crippen LogP contribution is -2.39. The lowest BCUT2D eigenvalue weighted by atomic mass is 9.79. The van der Waals surface area contributed by atoms with E-state index >= 15 is 0 Å². The van der Waals surface area contributed by atoms with E-state index in [1.54, 1.807) is 19.3 Å². The number of unbranched alkanes of at least 4 members (excludes halogenated alkanes) is 1. The van der Waals surface area contributed by atoms with Crippen molar-refractivity contribution in [3.63, 3.8) is 0 Å². The molecule has 0 saturated heterocycles. The highest BCUT2D eigenvalue weighted by atomic mass is 14.9. The Kier molecular flexibility index (Phi) is 2.76. The van der Waals surface area contributed by atoms with E-state index in [4.69, 9.17) is 0 Å². The molecule has 1 N–H and O–H groups in total. The van der Waals surface area contributed by atoms with Gasteiger partial charge in [0.2, 0.25) is 0 Å². The van der Waals surface area contributed by atoms with Crippen LogP contribution in [0.5, 0.6) is 0 Å². The van der Waals surface area contributed by atoms with E-state index in [1.807, 2.05) is 0 Å². The molecular weight excluding hydrogens is 182 g/mol. The van der Waals surface area contributed by atoms with E-state index in [0.717, 1.165) is 29.7 Å². The van der Waals surface area contributed by atoms with Crippen LogP contribution in [0, 0.1) is 23.7 Å². The zero-order valence-electron chi connectivity index (χ0n) is 10.0. The summed E-state index contributed by atoms with van der Waals surface area (Å²) in [5.74, 6) is 4.46. The van der Waals surface area contributed by atoms with Crippen LogP contribution in [0.3, 0.4) is 0 Å². The van der Waals surface area contributed by atoms with Crippen molar-refractivity contribution in [2.75, 3.05) is 6.54 Å². The molecular formula is C14H25N. The second-order valence-electron chi connectivity index (χ2n) is 6.07. The van der Waals surface area contributed by atoms with Gasteiger partial charge in [-0.2, -0.15) is 0 Å². The summed E-state index contributed by atoms with van der Waals surface area (Å²) in [6.07, 6.45) is 10.4. The third-order valence-electron chi connectivity index (χ3n) is 5.37. The Labute approximate surface area is 94.0 Å². The van der Waals surface area contributed by atoms with Crippen LogP contribution in [0.2, 0.25) is 0 Å². The molecule has 86 valence electrons. The predicted octanol–water partition coefficient (Wildman–Crippen LogP) is 3.20. The van der Waals surface area contributed by atoms with Crippen LogP contribution in [0.1, 0.15) is 51.9 Å². The van der Waals surface area contributed by atoms with Gasteiger partial charge < -0.3 is 5.32 Å². The maximum absolute atomic E-state index is 3.83. The Hall–Kier alpha value is -0.0400. The van der Waals surface area contributed by atoms with Crippen LogP contribution < -0.4 is 5.32 Å². The zero-order valence-corrected chi connectivity index (χ0v) is 10.0. The molecule has 5 atom stereocenters. The molecule has 0 aromatic carbocycles. The van der Waals surface area contributed by atoms with Crippen LogP contribution in [0.4, 0.5) is 0 Å². The zero-order chi connectivity index (χ0) is 10.3. The minimum Gasteiger partial charge on any atom is -0.314 e. The van der Waals surface area contributed by atoms with E-state index < -0.39 is 0 Å². The highest BCUT2D eigenvalue weighted by Gasteiger charge is 2.53. The summed E-state index contributed by atoms with van der Waals surface area (Å²) in [5.41, 5.74) is 0. The summed E-state index contributed by atoms with van der Waals surface area (Å²) >= 11 is 0. The maximum atomic E-state index is 3.83. The van der Waals surface area contributed by atoms with Crippen LogP contribution in [0.15, 0.2) is 0 Å². The molecule has 1 heteroatoms. The van der Waals surface area contributed by atoms with Crippen molar-refractivity contribution in [2.45, 2.75) is 57.9 Å². The monoisotopic (exact) mass is 207 g/mol. The van der Waals surface area contributed by atoms with Crippen molar-refractivity contribution >= 4 is 0 Å². The van der Waals surface area contributed by atoms with E-state index in [2.05, 4.69) is 12.2 Å². The van der Waals surface area contributed by atoms with Crippen LogP contribution >= 0.6 is 0 Å². The number of nitrogens with one attached hydrogen (secondary N) is 1. The molecule has 0 aromatic heterocycles. The summed E-state index contributed by atoms with van der Waals surface area (Å²) < 4.78 is 0. The lowest BCUT2D eigenvalue weighted by Gasteiger charge is -2.32. The van der Waals surface area contributed by atoms with Crippen LogP contribution in [-0.4, -0.2) is 12.6 Å². The Balaban J connectivity index is 1.56. The quantitative estimate of drug-likeness (QED) is 0.698. The molecule has 5 unspecified atom stereocenters. The molecule has 15 heavy (non-hydrogen) atoms. The molecule has 3 rings (SSSR count). The Morgan fingerprint density at radius 1 is 1.07 bits per heavy atom. The third kappa shape index (κ3) is 1.63. The highest BCUT2D eigenvalue weighted by molar-refractivity contribution is 5.05. The molecule has 0 aliphatic heterocycles. The van der Waals surface area contributed by atoms with Gasteiger partial charge in [-0.1, -0.05) is 19.8 Å². The smallest absolute Gasteiger partial charge is 0.0101 e. The number of hydrogen-bond donors (Lipinski definition) is 1. The molecule has 3 saturated carbocycles. The molecule has 3 aliphatic carbocycles. The van der Waals surface area contributed by atoms with E-state index in [0.29, 0.717) is 0 Å². The fraction of sp³-hybridized carbons (Fsp3) is 1.00. The minimum absolute atomic E-state index is 0.904. The first kappa shape index (κ1) is 10.1. The summed E-state index contributed by atoms with van der Waals surface area (Å²) in [6, 6.07) is 0.904. The van der Waals surface area contributed by atoms with Gasteiger partial charge in [-0.25, -0.2) is 0 Å². The summed E-state index contributed by atoms with van der Waals surface area (Å²) in [7, 11) is 0. The fourth-order valence-corrected chi connectivity index (χ4v) is 4.77. The van der Waals surface area contributed by atoms with Crippen molar-refractivity contribution in [2.24, 2.45) is 23.7 Å². The van der Waals surface area contributed by atoms with Gasteiger partial charge in [-0.15, -0.1) is 0 Å². The second kappa shape index (κ2) is 4.08. The number of fused-ring (bicyclic) bond motifs is 5. The normalized spacial score (nSPS) is 47.4. The molecule has 3 fully saturated rings. The second-order valence-corrected chi connectivity index (χ2v) is 6.07. The molecule has 0 heterocycles. The van der Waals surface area contributed by atoms with E-state index in [9.17, 15) is 0 Å². The van der Waals surface area contributed by atoms with Crippen LogP contribution in [-0.2, 0) is 0 Å². The SMILES string of the molecule is CCCCNC1CC2CC1C1CCCC21. The van der Waals surface area contributed by atoms with Gasteiger partial charge in [0.15, 0.2) is 0 Å². The van der Waals surface area contributed by atoms with E-state index in [1.165, 1.54) is 32.2 Å². The summed E-state index contributed by atoms with van der Waals surface area (Å²) in [5, 5.41) is 3.83. The molecule has 1 nitrogen and oxygen atoms in total. The Bertz CT molecular complexity index is 225. The molecule has 2 bridgehead atoms. The highest BCUT2D eigenvalue weighted by Crippen LogP contribution is 2.58. The van der Waals surface area contributed by atoms with Crippen LogP contribution in [0.25, 0.3) is 0 Å². The summed E-state index contributed by atoms with van der Waals surface area (Å²) in [6.45, 7) is 3.55. The lowest BCUT2D eigenvalue weighted by molar-refractivity contribution is 0.209. The third-order valence-corrected chi connectivity index (χ3v) is 5.37. The summed E-state index contributed by atoms with van der Waals surface area (Å²) in [4.78, 5) is 0. The van der Waals surface area contributed by atoms with E-state index in [-0.39, 0.29) is 0 Å². The van der Waals surface area contributed by atoms with Crippen molar-refractivity contribution < 1.29 is 0 Å². The molecule has 0 amide bonds. The first-order valence-electron chi connectivity index (χ1n) is 7.13. The Morgan fingerprint density at radius 2 is 1.93 bits per heavy atom. The molecule has 0 spiro atoms. The predicted molar refractivity (Wildman–Crippen MR) is 63.7 cm³/mol. The van der Waals surface area contributed by atoms with Gasteiger partial charge in [0.25, 0.3) is 0 Å². The first-order valence-corrected chi connectivity index (χ1v) is 7.13. The largest absolute Gasteiger partial charge is 0.314 e. The van der Waals surface area contributed by atoms with Gasteiger partial charge in [0.1, 0.15) is 0 Å². The Morgan fingerprint density at radius 3 is 2.80 bits per heavy atom.